The first kappa shape index (κ1) is 11.5. The molecule has 1 aliphatic heterocycles. The van der Waals surface area contributed by atoms with E-state index in [1.165, 1.54) is 0 Å². The average molecular weight is 200 g/mol. The Hall–Kier alpha value is -0.610. The van der Waals surface area contributed by atoms with Gasteiger partial charge in [-0.05, 0) is 20.4 Å². The number of likely N-dealkylation sites (N-methyl/N-ethyl adjacent to an activating group) is 1. The Morgan fingerprint density at radius 3 is 2.93 bits per heavy atom. The molecule has 4 nitrogen and oxygen atoms in total. The molecule has 0 spiro atoms. The van der Waals surface area contributed by atoms with E-state index < -0.39 is 0 Å². The Kier molecular flexibility index (Phi) is 4.35. The number of hydrogen-bond acceptors (Lipinski definition) is 3. The molecule has 0 aliphatic carbocycles. The van der Waals surface area contributed by atoms with Crippen molar-refractivity contribution >= 4 is 5.91 Å². The first-order valence-corrected chi connectivity index (χ1v) is 5.27. The highest BCUT2D eigenvalue weighted by molar-refractivity contribution is 5.78. The number of carbonyl (C=O) groups is 1. The van der Waals surface area contributed by atoms with E-state index in [0.29, 0.717) is 19.7 Å². The lowest BCUT2D eigenvalue weighted by Gasteiger charge is -2.36. The minimum Gasteiger partial charge on any atom is -0.375 e. The zero-order valence-corrected chi connectivity index (χ0v) is 9.25. The molecule has 0 bridgehead atoms. The molecule has 1 heterocycles. The van der Waals surface area contributed by atoms with Crippen molar-refractivity contribution in [3.63, 3.8) is 0 Å². The summed E-state index contributed by atoms with van der Waals surface area (Å²) >= 11 is 0. The number of ether oxygens (including phenoxy) is 1. The van der Waals surface area contributed by atoms with Crippen molar-refractivity contribution in [2.75, 3.05) is 26.2 Å². The second-order valence-corrected chi connectivity index (χ2v) is 3.82. The summed E-state index contributed by atoms with van der Waals surface area (Å²) in [5, 5.41) is 3.05. The molecule has 4 heteroatoms. The third kappa shape index (κ3) is 2.96. The van der Waals surface area contributed by atoms with Crippen LogP contribution in [-0.4, -0.2) is 49.2 Å². The SMILES string of the molecule is CCNCC(=O)N1CC(C)OCC1C. The molecule has 14 heavy (non-hydrogen) atoms. The molecule has 1 N–H and O–H groups in total. The summed E-state index contributed by atoms with van der Waals surface area (Å²) in [6.07, 6.45) is 0.164. The van der Waals surface area contributed by atoms with Gasteiger partial charge in [-0.25, -0.2) is 0 Å². The fourth-order valence-electron chi connectivity index (χ4n) is 1.58. The maximum absolute atomic E-state index is 11.7. The summed E-state index contributed by atoms with van der Waals surface area (Å²) in [6, 6.07) is 0.206. The highest BCUT2D eigenvalue weighted by Crippen LogP contribution is 2.10. The molecule has 1 rings (SSSR count). The lowest BCUT2D eigenvalue weighted by Crippen LogP contribution is -2.52. The maximum Gasteiger partial charge on any atom is 0.236 e. The second-order valence-electron chi connectivity index (χ2n) is 3.82. The maximum atomic E-state index is 11.7. The van der Waals surface area contributed by atoms with Crippen LogP contribution < -0.4 is 5.32 Å². The molecule has 2 unspecified atom stereocenters. The van der Waals surface area contributed by atoms with Crippen LogP contribution in [0.1, 0.15) is 20.8 Å². The predicted octanol–water partition coefficient (Wildman–Crippen LogP) is 0.232. The molecular formula is C10H20N2O2. The van der Waals surface area contributed by atoms with Crippen molar-refractivity contribution in [1.82, 2.24) is 10.2 Å². The minimum absolute atomic E-state index is 0.164. The van der Waals surface area contributed by atoms with Gasteiger partial charge in [0.1, 0.15) is 0 Å². The van der Waals surface area contributed by atoms with Gasteiger partial charge in [-0.3, -0.25) is 4.79 Å². The summed E-state index contributed by atoms with van der Waals surface area (Å²) in [5.41, 5.74) is 0. The molecule has 1 aliphatic rings. The molecule has 0 radical (unpaired) electrons. The smallest absolute Gasteiger partial charge is 0.236 e. The van der Waals surface area contributed by atoms with Crippen LogP contribution in [0.15, 0.2) is 0 Å². The second kappa shape index (κ2) is 5.32. The zero-order chi connectivity index (χ0) is 10.6. The van der Waals surface area contributed by atoms with E-state index in [2.05, 4.69) is 5.32 Å². The largest absolute Gasteiger partial charge is 0.375 e. The number of nitrogens with zero attached hydrogens (tertiary/aromatic N) is 1. The van der Waals surface area contributed by atoms with Gasteiger partial charge in [-0.2, -0.15) is 0 Å². The fraction of sp³-hybridized carbons (Fsp3) is 0.900. The predicted molar refractivity (Wildman–Crippen MR) is 55.1 cm³/mol. The highest BCUT2D eigenvalue weighted by atomic mass is 16.5. The monoisotopic (exact) mass is 200 g/mol. The number of morpholine rings is 1. The van der Waals surface area contributed by atoms with E-state index in [1.54, 1.807) is 0 Å². The number of carbonyl (C=O) groups excluding carboxylic acids is 1. The van der Waals surface area contributed by atoms with Crippen molar-refractivity contribution in [2.24, 2.45) is 0 Å². The first-order valence-electron chi connectivity index (χ1n) is 5.27. The van der Waals surface area contributed by atoms with Crippen LogP contribution in [-0.2, 0) is 9.53 Å². The van der Waals surface area contributed by atoms with Gasteiger partial charge in [-0.1, -0.05) is 6.92 Å². The molecule has 2 atom stereocenters. The third-order valence-electron chi connectivity index (χ3n) is 2.45. The standard InChI is InChI=1S/C10H20N2O2/c1-4-11-5-10(13)12-6-9(3)14-7-8(12)2/h8-9,11H,4-7H2,1-3H3. The van der Waals surface area contributed by atoms with Gasteiger partial charge in [0.15, 0.2) is 0 Å². The van der Waals surface area contributed by atoms with Crippen LogP contribution in [0.4, 0.5) is 0 Å². The third-order valence-corrected chi connectivity index (χ3v) is 2.45. The lowest BCUT2D eigenvalue weighted by molar-refractivity contribution is -0.142. The summed E-state index contributed by atoms with van der Waals surface area (Å²) in [6.45, 7) is 8.66. The summed E-state index contributed by atoms with van der Waals surface area (Å²) in [5.74, 6) is 0.175. The Balaban J connectivity index is 2.43. The van der Waals surface area contributed by atoms with E-state index in [9.17, 15) is 4.79 Å². The first-order chi connectivity index (χ1) is 6.65. The van der Waals surface area contributed by atoms with E-state index in [-0.39, 0.29) is 18.1 Å². The van der Waals surface area contributed by atoms with Crippen molar-refractivity contribution in [2.45, 2.75) is 32.9 Å². The fourth-order valence-corrected chi connectivity index (χ4v) is 1.58. The Morgan fingerprint density at radius 2 is 2.29 bits per heavy atom. The number of nitrogens with one attached hydrogen (secondary N) is 1. The molecule has 0 aromatic rings. The van der Waals surface area contributed by atoms with E-state index >= 15 is 0 Å². The summed E-state index contributed by atoms with van der Waals surface area (Å²) in [7, 11) is 0. The van der Waals surface area contributed by atoms with E-state index in [0.717, 1.165) is 6.54 Å². The van der Waals surface area contributed by atoms with Crippen LogP contribution >= 0.6 is 0 Å². The molecule has 1 saturated heterocycles. The Labute approximate surface area is 85.6 Å². The molecular weight excluding hydrogens is 180 g/mol. The quantitative estimate of drug-likeness (QED) is 0.709. The molecule has 0 saturated carbocycles. The lowest BCUT2D eigenvalue weighted by atomic mass is 10.2. The van der Waals surface area contributed by atoms with Crippen LogP contribution in [0.5, 0.6) is 0 Å². The Bertz CT molecular complexity index is 197. The van der Waals surface area contributed by atoms with E-state index in [4.69, 9.17) is 4.74 Å². The van der Waals surface area contributed by atoms with Gasteiger partial charge in [0.05, 0.1) is 25.3 Å². The van der Waals surface area contributed by atoms with Gasteiger partial charge >= 0.3 is 0 Å². The van der Waals surface area contributed by atoms with E-state index in [1.807, 2.05) is 25.7 Å². The molecule has 0 aromatic carbocycles. The average Bonchev–Trinajstić information content (AvgIpc) is 2.18. The van der Waals surface area contributed by atoms with Crippen molar-refractivity contribution in [1.29, 1.82) is 0 Å². The van der Waals surface area contributed by atoms with Crippen molar-refractivity contribution < 1.29 is 9.53 Å². The van der Waals surface area contributed by atoms with Crippen LogP contribution in [0.3, 0.4) is 0 Å². The molecule has 82 valence electrons. The van der Waals surface area contributed by atoms with Crippen LogP contribution in [0, 0.1) is 0 Å². The van der Waals surface area contributed by atoms with Crippen molar-refractivity contribution in [3.05, 3.63) is 0 Å². The molecule has 1 amide bonds. The van der Waals surface area contributed by atoms with Crippen LogP contribution in [0.2, 0.25) is 0 Å². The van der Waals surface area contributed by atoms with Gasteiger partial charge < -0.3 is 15.0 Å². The zero-order valence-electron chi connectivity index (χ0n) is 9.25. The normalized spacial score (nSPS) is 27.8. The summed E-state index contributed by atoms with van der Waals surface area (Å²) in [4.78, 5) is 13.6. The minimum atomic E-state index is 0.164. The van der Waals surface area contributed by atoms with Gasteiger partial charge in [-0.15, -0.1) is 0 Å². The molecule has 1 fully saturated rings. The number of rotatable bonds is 3. The van der Waals surface area contributed by atoms with Gasteiger partial charge in [0.2, 0.25) is 5.91 Å². The van der Waals surface area contributed by atoms with Crippen LogP contribution in [0.25, 0.3) is 0 Å². The summed E-state index contributed by atoms with van der Waals surface area (Å²) < 4.78 is 5.46. The van der Waals surface area contributed by atoms with Gasteiger partial charge in [0.25, 0.3) is 0 Å². The number of hydrogen-bond donors (Lipinski definition) is 1. The van der Waals surface area contributed by atoms with Crippen molar-refractivity contribution in [3.8, 4) is 0 Å². The number of amides is 1. The topological polar surface area (TPSA) is 41.6 Å². The van der Waals surface area contributed by atoms with Gasteiger partial charge in [0, 0.05) is 6.54 Å². The Morgan fingerprint density at radius 1 is 1.57 bits per heavy atom. The highest BCUT2D eigenvalue weighted by Gasteiger charge is 2.26. The molecule has 0 aromatic heterocycles.